The van der Waals surface area contributed by atoms with Gasteiger partial charge >= 0.3 is 0 Å². The quantitative estimate of drug-likeness (QED) is 0.851. The van der Waals surface area contributed by atoms with E-state index in [-0.39, 0.29) is 0 Å². The van der Waals surface area contributed by atoms with Crippen LogP contribution in [0.3, 0.4) is 0 Å². The lowest BCUT2D eigenvalue weighted by molar-refractivity contribution is 0.305. The predicted molar refractivity (Wildman–Crippen MR) is 76.0 cm³/mol. The summed E-state index contributed by atoms with van der Waals surface area (Å²) in [5.74, 6) is 1.85. The van der Waals surface area contributed by atoms with Crippen LogP contribution in [0.1, 0.15) is 50.1 Å². The Balaban J connectivity index is 2.02. The van der Waals surface area contributed by atoms with Gasteiger partial charge in [-0.15, -0.1) is 0 Å². The van der Waals surface area contributed by atoms with E-state index in [0.717, 1.165) is 11.7 Å². The topological polar surface area (TPSA) is 21.3 Å². The van der Waals surface area contributed by atoms with E-state index < -0.39 is 0 Å². The average molecular weight is 247 g/mol. The van der Waals surface area contributed by atoms with Crippen LogP contribution in [0, 0.1) is 5.92 Å². The summed E-state index contributed by atoms with van der Waals surface area (Å²) in [6, 6.07) is 8.91. The molecule has 1 atom stereocenters. The second-order valence-electron chi connectivity index (χ2n) is 5.36. The van der Waals surface area contributed by atoms with E-state index in [9.17, 15) is 0 Å². The molecule has 0 spiro atoms. The molecule has 1 aliphatic carbocycles. The van der Waals surface area contributed by atoms with Crippen molar-refractivity contribution in [3.8, 4) is 5.75 Å². The summed E-state index contributed by atoms with van der Waals surface area (Å²) in [4.78, 5) is 0. The number of ether oxygens (including phenoxy) is 1. The van der Waals surface area contributed by atoms with E-state index in [2.05, 4.69) is 30.6 Å². The molecular formula is C16H25NO. The molecule has 2 rings (SSSR count). The molecule has 1 aromatic rings. The zero-order valence-corrected chi connectivity index (χ0v) is 11.6. The van der Waals surface area contributed by atoms with Gasteiger partial charge < -0.3 is 10.1 Å². The van der Waals surface area contributed by atoms with Gasteiger partial charge in [-0.3, -0.25) is 0 Å². The Kier molecular flexibility index (Phi) is 5.06. The lowest BCUT2D eigenvalue weighted by Crippen LogP contribution is -2.21. The molecule has 1 aromatic carbocycles. The Morgan fingerprint density at radius 3 is 2.72 bits per heavy atom. The van der Waals surface area contributed by atoms with Gasteiger partial charge in [0, 0.05) is 6.04 Å². The van der Waals surface area contributed by atoms with Crippen LogP contribution in [0.4, 0.5) is 0 Å². The molecule has 2 heteroatoms. The maximum absolute atomic E-state index is 5.31. The summed E-state index contributed by atoms with van der Waals surface area (Å²) >= 11 is 0. The molecule has 0 radical (unpaired) electrons. The van der Waals surface area contributed by atoms with Crippen LogP contribution < -0.4 is 10.1 Å². The summed E-state index contributed by atoms with van der Waals surface area (Å²) in [5.41, 5.74) is 1.35. The van der Waals surface area contributed by atoms with Gasteiger partial charge in [-0.25, -0.2) is 0 Å². The molecule has 0 aromatic heterocycles. The van der Waals surface area contributed by atoms with Gasteiger partial charge in [0.15, 0.2) is 0 Å². The van der Waals surface area contributed by atoms with Crippen LogP contribution in [0.15, 0.2) is 24.3 Å². The number of rotatable bonds is 5. The summed E-state index contributed by atoms with van der Waals surface area (Å²) < 4.78 is 5.31. The van der Waals surface area contributed by atoms with Crippen LogP contribution in [0.25, 0.3) is 0 Å². The van der Waals surface area contributed by atoms with Crippen molar-refractivity contribution >= 4 is 0 Å². The first kappa shape index (κ1) is 13.4. The Morgan fingerprint density at radius 2 is 2.06 bits per heavy atom. The normalized spacial score (nSPS) is 18.6. The first-order chi connectivity index (χ1) is 8.83. The molecule has 1 saturated carbocycles. The summed E-state index contributed by atoms with van der Waals surface area (Å²) in [5, 5.41) is 3.46. The van der Waals surface area contributed by atoms with Crippen molar-refractivity contribution in [2.75, 3.05) is 14.2 Å². The second kappa shape index (κ2) is 6.79. The number of hydrogen-bond acceptors (Lipinski definition) is 2. The Bertz CT molecular complexity index is 358. The molecule has 1 N–H and O–H groups in total. The fourth-order valence-electron chi connectivity index (χ4n) is 3.04. The molecule has 1 fully saturated rings. The standard InChI is InChI=1S/C16H25NO/c1-17-16(11-13-7-4-3-5-8-13)14-9-6-10-15(12-14)18-2/h6,9-10,12-13,16-17H,3-5,7-8,11H2,1-2H3. The molecule has 18 heavy (non-hydrogen) atoms. The SMILES string of the molecule is CNC(CC1CCCCC1)c1cccc(OC)c1. The van der Waals surface area contributed by atoms with E-state index in [1.165, 1.54) is 44.1 Å². The fraction of sp³-hybridized carbons (Fsp3) is 0.625. The molecule has 2 nitrogen and oxygen atoms in total. The first-order valence-electron chi connectivity index (χ1n) is 7.14. The lowest BCUT2D eigenvalue weighted by atomic mass is 9.83. The van der Waals surface area contributed by atoms with Gasteiger partial charge in [0.05, 0.1) is 7.11 Å². The fourth-order valence-corrected chi connectivity index (χ4v) is 3.04. The van der Waals surface area contributed by atoms with Crippen LogP contribution >= 0.6 is 0 Å². The minimum absolute atomic E-state index is 0.461. The molecule has 0 heterocycles. The minimum Gasteiger partial charge on any atom is -0.497 e. The molecule has 1 aliphatic rings. The predicted octanol–water partition coefficient (Wildman–Crippen LogP) is 3.93. The van der Waals surface area contributed by atoms with E-state index in [4.69, 9.17) is 4.74 Å². The van der Waals surface area contributed by atoms with Gasteiger partial charge in [0.25, 0.3) is 0 Å². The van der Waals surface area contributed by atoms with Crippen molar-refractivity contribution in [3.63, 3.8) is 0 Å². The van der Waals surface area contributed by atoms with E-state index in [1.54, 1.807) is 7.11 Å². The van der Waals surface area contributed by atoms with Crippen molar-refractivity contribution < 1.29 is 4.74 Å². The van der Waals surface area contributed by atoms with Gasteiger partial charge in [-0.2, -0.15) is 0 Å². The third-order valence-electron chi connectivity index (χ3n) is 4.14. The zero-order chi connectivity index (χ0) is 12.8. The van der Waals surface area contributed by atoms with E-state index in [1.807, 2.05) is 6.07 Å². The van der Waals surface area contributed by atoms with Crippen LogP contribution in [-0.2, 0) is 0 Å². The van der Waals surface area contributed by atoms with E-state index >= 15 is 0 Å². The highest BCUT2D eigenvalue weighted by Crippen LogP contribution is 2.32. The number of hydrogen-bond donors (Lipinski definition) is 1. The zero-order valence-electron chi connectivity index (χ0n) is 11.6. The molecule has 100 valence electrons. The molecule has 0 saturated heterocycles. The lowest BCUT2D eigenvalue weighted by Gasteiger charge is -2.26. The Labute approximate surface area is 111 Å². The van der Waals surface area contributed by atoms with Crippen molar-refractivity contribution in [1.29, 1.82) is 0 Å². The molecule has 0 bridgehead atoms. The van der Waals surface area contributed by atoms with Crippen LogP contribution in [-0.4, -0.2) is 14.2 Å². The maximum Gasteiger partial charge on any atom is 0.119 e. The highest BCUT2D eigenvalue weighted by molar-refractivity contribution is 5.30. The van der Waals surface area contributed by atoms with Gasteiger partial charge in [-0.1, -0.05) is 44.2 Å². The number of methoxy groups -OCH3 is 1. The highest BCUT2D eigenvalue weighted by atomic mass is 16.5. The van der Waals surface area contributed by atoms with E-state index in [0.29, 0.717) is 6.04 Å². The first-order valence-corrected chi connectivity index (χ1v) is 7.14. The van der Waals surface area contributed by atoms with Crippen LogP contribution in [0.5, 0.6) is 5.75 Å². The van der Waals surface area contributed by atoms with Crippen molar-refractivity contribution in [3.05, 3.63) is 29.8 Å². The summed E-state index contributed by atoms with van der Waals surface area (Å²) in [7, 11) is 3.79. The van der Waals surface area contributed by atoms with Crippen molar-refractivity contribution in [1.82, 2.24) is 5.32 Å². The summed E-state index contributed by atoms with van der Waals surface area (Å²) in [6.45, 7) is 0. The third kappa shape index (κ3) is 3.49. The van der Waals surface area contributed by atoms with Gasteiger partial charge in [0.1, 0.15) is 5.75 Å². The van der Waals surface area contributed by atoms with Gasteiger partial charge in [-0.05, 0) is 37.1 Å². The average Bonchev–Trinajstić information content (AvgIpc) is 2.46. The molecule has 0 amide bonds. The monoisotopic (exact) mass is 247 g/mol. The maximum atomic E-state index is 5.31. The highest BCUT2D eigenvalue weighted by Gasteiger charge is 2.19. The molecule has 0 aliphatic heterocycles. The largest absolute Gasteiger partial charge is 0.497 e. The molecular weight excluding hydrogens is 222 g/mol. The Morgan fingerprint density at radius 1 is 1.28 bits per heavy atom. The summed E-state index contributed by atoms with van der Waals surface area (Å²) in [6.07, 6.45) is 8.33. The van der Waals surface area contributed by atoms with Crippen LogP contribution in [0.2, 0.25) is 0 Å². The number of nitrogens with one attached hydrogen (secondary N) is 1. The smallest absolute Gasteiger partial charge is 0.119 e. The second-order valence-corrected chi connectivity index (χ2v) is 5.36. The molecule has 1 unspecified atom stereocenters. The Hall–Kier alpha value is -1.02. The van der Waals surface area contributed by atoms with Gasteiger partial charge in [0.2, 0.25) is 0 Å². The third-order valence-corrected chi connectivity index (χ3v) is 4.14. The van der Waals surface area contributed by atoms with Crippen molar-refractivity contribution in [2.45, 2.75) is 44.6 Å². The minimum atomic E-state index is 0.461. The van der Waals surface area contributed by atoms with Crippen molar-refractivity contribution in [2.24, 2.45) is 5.92 Å². The number of benzene rings is 1.